The molecule has 5 heteroatoms. The molecule has 1 aromatic carbocycles. The van der Waals surface area contributed by atoms with Crippen molar-refractivity contribution in [3.63, 3.8) is 0 Å². The molecule has 1 heterocycles. The molecule has 0 radical (unpaired) electrons. The van der Waals surface area contributed by atoms with Crippen LogP contribution in [0.25, 0.3) is 0 Å². The molecule has 19 heavy (non-hydrogen) atoms. The van der Waals surface area contributed by atoms with Gasteiger partial charge in [0.2, 0.25) is 5.91 Å². The van der Waals surface area contributed by atoms with E-state index in [1.165, 1.54) is 11.0 Å². The van der Waals surface area contributed by atoms with E-state index in [0.717, 1.165) is 13.0 Å². The highest BCUT2D eigenvalue weighted by atomic mass is 35.5. The molecule has 1 aromatic rings. The summed E-state index contributed by atoms with van der Waals surface area (Å²) in [5, 5.41) is 3.54. The number of benzene rings is 1. The molecule has 1 amide bonds. The number of rotatable bonds is 3. The molecule has 1 aliphatic rings. The molecule has 2 unspecified atom stereocenters. The van der Waals surface area contributed by atoms with Gasteiger partial charge >= 0.3 is 0 Å². The van der Waals surface area contributed by atoms with Crippen LogP contribution in [-0.2, 0) is 11.3 Å². The maximum Gasteiger partial charge on any atom is 0.240 e. The van der Waals surface area contributed by atoms with Gasteiger partial charge in [0.1, 0.15) is 5.82 Å². The van der Waals surface area contributed by atoms with E-state index < -0.39 is 0 Å². The molecule has 1 aliphatic heterocycles. The zero-order chi connectivity index (χ0) is 14.0. The van der Waals surface area contributed by atoms with Gasteiger partial charge in [-0.1, -0.05) is 24.6 Å². The average molecular weight is 285 g/mol. The Balaban J connectivity index is 2.08. The largest absolute Gasteiger partial charge is 0.340 e. The van der Waals surface area contributed by atoms with Gasteiger partial charge in [0.05, 0.1) is 6.04 Å². The fourth-order valence-corrected chi connectivity index (χ4v) is 2.62. The third-order valence-electron chi connectivity index (χ3n) is 3.63. The molecular weight excluding hydrogens is 267 g/mol. The highest BCUT2D eigenvalue weighted by molar-refractivity contribution is 6.31. The van der Waals surface area contributed by atoms with Crippen molar-refractivity contribution in [2.24, 2.45) is 5.92 Å². The van der Waals surface area contributed by atoms with Crippen LogP contribution in [0.2, 0.25) is 5.02 Å². The van der Waals surface area contributed by atoms with Gasteiger partial charge in [0.15, 0.2) is 0 Å². The Labute approximate surface area is 117 Å². The number of carbonyl (C=O) groups is 1. The first-order chi connectivity index (χ1) is 9.00. The quantitative estimate of drug-likeness (QED) is 0.925. The van der Waals surface area contributed by atoms with Crippen LogP contribution in [0.4, 0.5) is 4.39 Å². The molecule has 1 saturated heterocycles. The standard InChI is InChI=1S/C14H18ClFN2O/c1-9-6-7-17-13(9)14(19)18(2)8-10-11(15)4-3-5-12(10)16/h3-5,9,13,17H,6-8H2,1-2H3. The van der Waals surface area contributed by atoms with E-state index in [-0.39, 0.29) is 24.3 Å². The van der Waals surface area contributed by atoms with Gasteiger partial charge < -0.3 is 10.2 Å². The summed E-state index contributed by atoms with van der Waals surface area (Å²) >= 11 is 5.97. The lowest BCUT2D eigenvalue weighted by Crippen LogP contribution is -2.44. The third kappa shape index (κ3) is 3.07. The Hall–Kier alpha value is -1.13. The lowest BCUT2D eigenvalue weighted by Gasteiger charge is -2.24. The zero-order valence-corrected chi connectivity index (χ0v) is 11.9. The molecule has 2 atom stereocenters. The van der Waals surface area contributed by atoms with Gasteiger partial charge in [0.25, 0.3) is 0 Å². The van der Waals surface area contributed by atoms with Crippen LogP contribution in [-0.4, -0.2) is 30.4 Å². The minimum absolute atomic E-state index is 0.00989. The van der Waals surface area contributed by atoms with Crippen molar-refractivity contribution >= 4 is 17.5 Å². The van der Waals surface area contributed by atoms with Crippen LogP contribution >= 0.6 is 11.6 Å². The Kier molecular flexibility index (Phi) is 4.42. The summed E-state index contributed by atoms with van der Waals surface area (Å²) in [5.74, 6) is -0.0741. The summed E-state index contributed by atoms with van der Waals surface area (Å²) in [4.78, 5) is 13.8. The summed E-state index contributed by atoms with van der Waals surface area (Å²) in [7, 11) is 1.68. The van der Waals surface area contributed by atoms with Crippen LogP contribution in [0.5, 0.6) is 0 Å². The van der Waals surface area contributed by atoms with Crippen molar-refractivity contribution in [2.45, 2.75) is 25.9 Å². The first-order valence-corrected chi connectivity index (χ1v) is 6.79. The van der Waals surface area contributed by atoms with E-state index in [2.05, 4.69) is 5.32 Å². The Bertz CT molecular complexity index is 460. The normalized spacial score (nSPS) is 22.5. The maximum absolute atomic E-state index is 13.7. The van der Waals surface area contributed by atoms with Gasteiger partial charge in [-0.2, -0.15) is 0 Å². The molecule has 1 N–H and O–H groups in total. The van der Waals surface area contributed by atoms with E-state index in [4.69, 9.17) is 11.6 Å². The molecular formula is C14H18ClFN2O. The summed E-state index contributed by atoms with van der Waals surface area (Å²) in [6.07, 6.45) is 0.991. The number of likely N-dealkylation sites (N-methyl/N-ethyl adjacent to an activating group) is 1. The average Bonchev–Trinajstić information content (AvgIpc) is 2.79. The number of nitrogens with one attached hydrogen (secondary N) is 1. The van der Waals surface area contributed by atoms with Gasteiger partial charge in [0, 0.05) is 24.2 Å². The van der Waals surface area contributed by atoms with E-state index >= 15 is 0 Å². The van der Waals surface area contributed by atoms with Crippen molar-refractivity contribution < 1.29 is 9.18 Å². The Morgan fingerprint density at radius 3 is 2.89 bits per heavy atom. The van der Waals surface area contributed by atoms with Crippen LogP contribution in [0.3, 0.4) is 0 Å². The molecule has 1 fully saturated rings. The number of nitrogens with zero attached hydrogens (tertiary/aromatic N) is 1. The summed E-state index contributed by atoms with van der Waals surface area (Å²) in [6, 6.07) is 4.38. The maximum atomic E-state index is 13.7. The predicted molar refractivity (Wildman–Crippen MR) is 73.5 cm³/mol. The van der Waals surface area contributed by atoms with E-state index in [1.807, 2.05) is 6.92 Å². The van der Waals surface area contributed by atoms with Crippen LogP contribution < -0.4 is 5.32 Å². The molecule has 0 bridgehead atoms. The van der Waals surface area contributed by atoms with Crippen molar-refractivity contribution in [1.82, 2.24) is 10.2 Å². The number of halogens is 2. The van der Waals surface area contributed by atoms with Gasteiger partial charge in [-0.15, -0.1) is 0 Å². The highest BCUT2D eigenvalue weighted by Gasteiger charge is 2.31. The topological polar surface area (TPSA) is 32.3 Å². The smallest absolute Gasteiger partial charge is 0.240 e. The minimum atomic E-state index is -0.375. The summed E-state index contributed by atoms with van der Waals surface area (Å²) in [5.41, 5.74) is 0.366. The van der Waals surface area contributed by atoms with Crippen LogP contribution in [0.15, 0.2) is 18.2 Å². The zero-order valence-electron chi connectivity index (χ0n) is 11.1. The third-order valence-corrected chi connectivity index (χ3v) is 3.99. The van der Waals surface area contributed by atoms with Crippen LogP contribution in [0.1, 0.15) is 18.9 Å². The fourth-order valence-electron chi connectivity index (χ4n) is 2.40. The first-order valence-electron chi connectivity index (χ1n) is 6.42. The lowest BCUT2D eigenvalue weighted by molar-refractivity contribution is -0.133. The number of hydrogen-bond acceptors (Lipinski definition) is 2. The molecule has 104 valence electrons. The Morgan fingerprint density at radius 1 is 1.58 bits per heavy atom. The lowest BCUT2D eigenvalue weighted by atomic mass is 10.0. The highest BCUT2D eigenvalue weighted by Crippen LogP contribution is 2.22. The van der Waals surface area contributed by atoms with Crippen LogP contribution in [0, 0.1) is 11.7 Å². The van der Waals surface area contributed by atoms with Gasteiger partial charge in [-0.3, -0.25) is 4.79 Å². The second kappa shape index (κ2) is 5.88. The second-order valence-corrected chi connectivity index (χ2v) is 5.50. The van der Waals surface area contributed by atoms with E-state index in [0.29, 0.717) is 16.5 Å². The predicted octanol–water partition coefficient (Wildman–Crippen LogP) is 2.44. The second-order valence-electron chi connectivity index (χ2n) is 5.09. The van der Waals surface area contributed by atoms with E-state index in [9.17, 15) is 9.18 Å². The number of carbonyl (C=O) groups excluding carboxylic acids is 1. The first kappa shape index (κ1) is 14.3. The molecule has 3 nitrogen and oxygen atoms in total. The van der Waals surface area contributed by atoms with Crippen molar-refractivity contribution in [3.8, 4) is 0 Å². The molecule has 0 aromatic heterocycles. The SMILES string of the molecule is CC1CCNC1C(=O)N(C)Cc1c(F)cccc1Cl. The molecule has 0 saturated carbocycles. The summed E-state index contributed by atoms with van der Waals surface area (Å²) < 4.78 is 13.7. The summed E-state index contributed by atoms with van der Waals surface area (Å²) in [6.45, 7) is 3.09. The van der Waals surface area contributed by atoms with Crippen molar-refractivity contribution in [3.05, 3.63) is 34.6 Å². The fraction of sp³-hybridized carbons (Fsp3) is 0.500. The van der Waals surface area contributed by atoms with Gasteiger partial charge in [-0.25, -0.2) is 4.39 Å². The van der Waals surface area contributed by atoms with E-state index in [1.54, 1.807) is 19.2 Å². The van der Waals surface area contributed by atoms with Crippen molar-refractivity contribution in [1.29, 1.82) is 0 Å². The van der Waals surface area contributed by atoms with Crippen molar-refractivity contribution in [2.75, 3.05) is 13.6 Å². The molecule has 0 aliphatic carbocycles. The Morgan fingerprint density at radius 2 is 2.32 bits per heavy atom. The number of hydrogen-bond donors (Lipinski definition) is 1. The number of amides is 1. The van der Waals surface area contributed by atoms with Gasteiger partial charge in [-0.05, 0) is 31.0 Å². The minimum Gasteiger partial charge on any atom is -0.340 e. The molecule has 2 rings (SSSR count). The molecule has 0 spiro atoms. The monoisotopic (exact) mass is 284 g/mol.